The van der Waals surface area contributed by atoms with Crippen LogP contribution < -0.4 is 0 Å². The van der Waals surface area contributed by atoms with E-state index in [1.807, 2.05) is 0 Å². The zero-order valence-corrected chi connectivity index (χ0v) is 8.55. The zero-order chi connectivity index (χ0) is 9.35. The minimum absolute atomic E-state index is 0.161. The van der Waals surface area contributed by atoms with Crippen LogP contribution in [0.1, 0.15) is 40.0 Å². The van der Waals surface area contributed by atoms with Gasteiger partial charge in [0.2, 0.25) is 0 Å². The highest BCUT2D eigenvalue weighted by Crippen LogP contribution is 2.29. The molecule has 2 nitrogen and oxygen atoms in total. The number of likely N-dealkylation sites (tertiary alicyclic amines) is 1. The summed E-state index contributed by atoms with van der Waals surface area (Å²) in [6.07, 6.45) is 3.42. The highest BCUT2D eigenvalue weighted by Gasteiger charge is 2.35. The van der Waals surface area contributed by atoms with Crippen LogP contribution in [0.2, 0.25) is 0 Å². The fourth-order valence-corrected chi connectivity index (χ4v) is 2.00. The van der Waals surface area contributed by atoms with Gasteiger partial charge >= 0.3 is 0 Å². The summed E-state index contributed by atoms with van der Waals surface area (Å²) in [6, 6.07) is 0.161. The van der Waals surface area contributed by atoms with Gasteiger partial charge in [0, 0.05) is 5.54 Å². The second kappa shape index (κ2) is 3.17. The number of carbonyl (C=O) groups is 1. The molecule has 0 N–H and O–H groups in total. The van der Waals surface area contributed by atoms with Crippen LogP contribution in [0.5, 0.6) is 0 Å². The fraction of sp³-hybridized carbons (Fsp3) is 0.900. The molecule has 0 saturated carbocycles. The number of nitrogens with zero attached hydrogens (tertiary/aromatic N) is 1. The lowest BCUT2D eigenvalue weighted by Gasteiger charge is -2.44. The third kappa shape index (κ3) is 1.69. The van der Waals surface area contributed by atoms with Gasteiger partial charge in [0.05, 0.1) is 6.04 Å². The Bertz CT molecular complexity index is 186. The molecular formula is C10H19NO. The van der Waals surface area contributed by atoms with E-state index in [-0.39, 0.29) is 11.6 Å². The molecule has 0 aromatic heterocycles. The molecule has 1 fully saturated rings. The molecule has 0 aliphatic carbocycles. The van der Waals surface area contributed by atoms with Crippen LogP contribution in [-0.2, 0) is 4.79 Å². The summed E-state index contributed by atoms with van der Waals surface area (Å²) in [6.45, 7) is 6.12. The van der Waals surface area contributed by atoms with Gasteiger partial charge in [-0.05, 0) is 47.1 Å². The lowest BCUT2D eigenvalue weighted by atomic mass is 9.86. The van der Waals surface area contributed by atoms with Crippen LogP contribution >= 0.6 is 0 Å². The normalized spacial score (nSPS) is 30.2. The summed E-state index contributed by atoms with van der Waals surface area (Å²) >= 11 is 0. The van der Waals surface area contributed by atoms with Gasteiger partial charge in [0.15, 0.2) is 0 Å². The van der Waals surface area contributed by atoms with Gasteiger partial charge in [0.25, 0.3) is 0 Å². The van der Waals surface area contributed by atoms with E-state index < -0.39 is 0 Å². The predicted molar refractivity (Wildman–Crippen MR) is 50.2 cm³/mol. The molecule has 70 valence electrons. The molecule has 0 unspecified atom stereocenters. The molecule has 0 aromatic carbocycles. The first-order valence-corrected chi connectivity index (χ1v) is 4.68. The topological polar surface area (TPSA) is 20.3 Å². The number of hydrogen-bond donors (Lipinski definition) is 0. The summed E-state index contributed by atoms with van der Waals surface area (Å²) in [4.78, 5) is 13.5. The number of carbonyl (C=O) groups excluding carboxylic acids is 1. The standard InChI is InChI=1S/C10H19NO/c1-8(12)9-6-5-7-10(2,3)11(9)4/h9H,5-7H2,1-4H3/t9-/m1/s1. The van der Waals surface area contributed by atoms with Crippen LogP contribution in [0.25, 0.3) is 0 Å². The maximum Gasteiger partial charge on any atom is 0.146 e. The molecule has 1 aliphatic rings. The Balaban J connectivity index is 2.73. The van der Waals surface area contributed by atoms with Gasteiger partial charge in [-0.3, -0.25) is 9.69 Å². The molecule has 0 radical (unpaired) electrons. The highest BCUT2D eigenvalue weighted by atomic mass is 16.1. The Labute approximate surface area is 74.9 Å². The Morgan fingerprint density at radius 1 is 1.50 bits per heavy atom. The van der Waals surface area contributed by atoms with Crippen molar-refractivity contribution in [3.05, 3.63) is 0 Å². The third-order valence-corrected chi connectivity index (χ3v) is 3.16. The van der Waals surface area contributed by atoms with E-state index in [9.17, 15) is 4.79 Å². The molecule has 0 spiro atoms. The Morgan fingerprint density at radius 3 is 2.50 bits per heavy atom. The van der Waals surface area contributed by atoms with Crippen molar-refractivity contribution in [2.45, 2.75) is 51.6 Å². The summed E-state index contributed by atoms with van der Waals surface area (Å²) in [5.41, 5.74) is 0.203. The predicted octanol–water partition coefficient (Wildman–Crippen LogP) is 1.84. The number of likely N-dealkylation sites (N-methyl/N-ethyl adjacent to an activating group) is 1. The molecule has 0 amide bonds. The van der Waals surface area contributed by atoms with Crippen LogP contribution in [0.4, 0.5) is 0 Å². The summed E-state index contributed by atoms with van der Waals surface area (Å²) < 4.78 is 0. The first-order valence-electron chi connectivity index (χ1n) is 4.68. The number of ketones is 1. The number of rotatable bonds is 1. The third-order valence-electron chi connectivity index (χ3n) is 3.16. The molecule has 12 heavy (non-hydrogen) atoms. The maximum absolute atomic E-state index is 11.3. The number of Topliss-reactive ketones (excluding diaryl/α,β-unsaturated/α-hetero) is 1. The van der Waals surface area contributed by atoms with Crippen molar-refractivity contribution in [2.24, 2.45) is 0 Å². The van der Waals surface area contributed by atoms with Crippen LogP contribution in [0, 0.1) is 0 Å². The quantitative estimate of drug-likeness (QED) is 0.597. The minimum atomic E-state index is 0.161. The monoisotopic (exact) mass is 169 g/mol. The Morgan fingerprint density at radius 2 is 2.08 bits per heavy atom. The zero-order valence-electron chi connectivity index (χ0n) is 8.55. The van der Waals surface area contributed by atoms with Gasteiger partial charge in [-0.2, -0.15) is 0 Å². The molecule has 0 aromatic rings. The largest absolute Gasteiger partial charge is 0.298 e. The van der Waals surface area contributed by atoms with Gasteiger partial charge in [-0.25, -0.2) is 0 Å². The van der Waals surface area contributed by atoms with Crippen LogP contribution in [0.15, 0.2) is 0 Å². The average molecular weight is 169 g/mol. The van der Waals surface area contributed by atoms with Gasteiger partial charge < -0.3 is 0 Å². The summed E-state index contributed by atoms with van der Waals surface area (Å²) in [7, 11) is 2.06. The van der Waals surface area contributed by atoms with Crippen molar-refractivity contribution in [1.29, 1.82) is 0 Å². The van der Waals surface area contributed by atoms with Gasteiger partial charge in [-0.15, -0.1) is 0 Å². The van der Waals surface area contributed by atoms with E-state index in [0.29, 0.717) is 5.78 Å². The second-order valence-electron chi connectivity index (χ2n) is 4.44. The molecule has 1 atom stereocenters. The van der Waals surface area contributed by atoms with Crippen molar-refractivity contribution in [1.82, 2.24) is 4.90 Å². The summed E-state index contributed by atoms with van der Waals surface area (Å²) in [5, 5.41) is 0. The average Bonchev–Trinajstić information content (AvgIpc) is 1.94. The van der Waals surface area contributed by atoms with Crippen molar-refractivity contribution in [2.75, 3.05) is 7.05 Å². The van der Waals surface area contributed by atoms with E-state index in [0.717, 1.165) is 6.42 Å². The Kier molecular flexibility index (Phi) is 2.57. The van der Waals surface area contributed by atoms with Crippen LogP contribution in [-0.4, -0.2) is 29.3 Å². The summed E-state index contributed by atoms with van der Waals surface area (Å²) in [5.74, 6) is 0.310. The molecule has 1 rings (SSSR count). The maximum atomic E-state index is 11.3. The molecule has 1 saturated heterocycles. The number of piperidine rings is 1. The fourth-order valence-electron chi connectivity index (χ4n) is 2.00. The van der Waals surface area contributed by atoms with E-state index >= 15 is 0 Å². The SMILES string of the molecule is CC(=O)[C@H]1CCCC(C)(C)N1C. The molecular weight excluding hydrogens is 150 g/mol. The first kappa shape index (κ1) is 9.72. The van der Waals surface area contributed by atoms with E-state index in [4.69, 9.17) is 0 Å². The van der Waals surface area contributed by atoms with Crippen LogP contribution in [0.3, 0.4) is 0 Å². The van der Waals surface area contributed by atoms with Gasteiger partial charge in [0.1, 0.15) is 5.78 Å². The minimum Gasteiger partial charge on any atom is -0.298 e. The highest BCUT2D eigenvalue weighted by molar-refractivity contribution is 5.81. The Hall–Kier alpha value is -0.370. The lowest BCUT2D eigenvalue weighted by Crippen LogP contribution is -2.53. The van der Waals surface area contributed by atoms with Crippen molar-refractivity contribution < 1.29 is 4.79 Å². The number of hydrogen-bond acceptors (Lipinski definition) is 2. The molecule has 0 bridgehead atoms. The smallest absolute Gasteiger partial charge is 0.146 e. The van der Waals surface area contributed by atoms with E-state index in [1.54, 1.807) is 6.92 Å². The second-order valence-corrected chi connectivity index (χ2v) is 4.44. The molecule has 1 aliphatic heterocycles. The van der Waals surface area contributed by atoms with E-state index in [2.05, 4.69) is 25.8 Å². The first-order chi connectivity index (χ1) is 5.45. The molecule has 2 heteroatoms. The van der Waals surface area contributed by atoms with Crippen molar-refractivity contribution in [3.8, 4) is 0 Å². The molecule has 1 heterocycles. The lowest BCUT2D eigenvalue weighted by molar-refractivity contribution is -0.125. The van der Waals surface area contributed by atoms with Gasteiger partial charge in [-0.1, -0.05) is 0 Å². The van der Waals surface area contributed by atoms with Crippen molar-refractivity contribution in [3.63, 3.8) is 0 Å². The van der Waals surface area contributed by atoms with Crippen molar-refractivity contribution >= 4 is 5.78 Å². The van der Waals surface area contributed by atoms with E-state index in [1.165, 1.54) is 12.8 Å².